The Labute approximate surface area is 78.8 Å². The van der Waals surface area contributed by atoms with Crippen molar-refractivity contribution in [1.82, 2.24) is 0 Å². The molecule has 1 amide bonds. The van der Waals surface area contributed by atoms with Gasteiger partial charge < -0.3 is 5.73 Å². The Morgan fingerprint density at radius 2 is 1.92 bits per heavy atom. The molecular weight excluding hydrogens is 162 g/mol. The van der Waals surface area contributed by atoms with E-state index >= 15 is 0 Å². The van der Waals surface area contributed by atoms with Crippen LogP contribution in [0.5, 0.6) is 0 Å². The van der Waals surface area contributed by atoms with E-state index in [-0.39, 0.29) is 5.91 Å². The van der Waals surface area contributed by atoms with Gasteiger partial charge in [-0.2, -0.15) is 0 Å². The molecule has 2 nitrogen and oxygen atoms in total. The van der Waals surface area contributed by atoms with Gasteiger partial charge in [0.05, 0.1) is 5.41 Å². The third-order valence-corrected chi connectivity index (χ3v) is 2.66. The molecule has 0 aliphatic carbocycles. The highest BCUT2D eigenvalue weighted by molar-refractivity contribution is 5.86. The Bertz CT molecular complexity index is 294. The fourth-order valence-electron chi connectivity index (χ4n) is 1.33. The highest BCUT2D eigenvalue weighted by Crippen LogP contribution is 2.26. The predicted molar refractivity (Wildman–Crippen MR) is 53.3 cm³/mol. The Balaban J connectivity index is 3.11. The van der Waals surface area contributed by atoms with Crippen LogP contribution in [-0.2, 0) is 10.2 Å². The van der Waals surface area contributed by atoms with Gasteiger partial charge in [-0.1, -0.05) is 37.3 Å². The summed E-state index contributed by atoms with van der Waals surface area (Å²) in [5.41, 5.74) is 5.84. The molecule has 0 radical (unpaired) electrons. The smallest absolute Gasteiger partial charge is 0.227 e. The lowest BCUT2D eigenvalue weighted by molar-refractivity contribution is -0.123. The van der Waals surface area contributed by atoms with Crippen LogP contribution in [0.4, 0.5) is 0 Å². The van der Waals surface area contributed by atoms with E-state index in [9.17, 15) is 4.79 Å². The summed E-state index contributed by atoms with van der Waals surface area (Å²) in [5, 5.41) is 0. The molecule has 2 N–H and O–H groups in total. The van der Waals surface area contributed by atoms with Crippen molar-refractivity contribution in [2.75, 3.05) is 0 Å². The molecule has 13 heavy (non-hydrogen) atoms. The van der Waals surface area contributed by atoms with Crippen molar-refractivity contribution in [3.05, 3.63) is 35.9 Å². The van der Waals surface area contributed by atoms with Crippen molar-refractivity contribution in [1.29, 1.82) is 0 Å². The molecule has 0 spiro atoms. The van der Waals surface area contributed by atoms with E-state index in [2.05, 4.69) is 0 Å². The molecule has 0 aliphatic rings. The van der Waals surface area contributed by atoms with Crippen LogP contribution in [0.3, 0.4) is 0 Å². The van der Waals surface area contributed by atoms with E-state index < -0.39 is 5.41 Å². The lowest BCUT2D eigenvalue weighted by Gasteiger charge is -2.24. The van der Waals surface area contributed by atoms with Crippen molar-refractivity contribution in [3.8, 4) is 0 Å². The number of primary amides is 1. The van der Waals surface area contributed by atoms with E-state index in [4.69, 9.17) is 5.73 Å². The Morgan fingerprint density at radius 1 is 1.38 bits per heavy atom. The molecule has 2 heteroatoms. The Morgan fingerprint density at radius 3 is 2.31 bits per heavy atom. The quantitative estimate of drug-likeness (QED) is 0.752. The van der Waals surface area contributed by atoms with Gasteiger partial charge in [0.2, 0.25) is 5.91 Å². The second-order valence-electron chi connectivity index (χ2n) is 3.42. The topological polar surface area (TPSA) is 43.1 Å². The van der Waals surface area contributed by atoms with Crippen LogP contribution in [0.15, 0.2) is 30.3 Å². The summed E-state index contributed by atoms with van der Waals surface area (Å²) < 4.78 is 0. The molecule has 70 valence electrons. The standard InChI is InChI=1S/C11H15NO/c1-3-11(2,10(12)13)9-7-5-4-6-8-9/h4-8H,3H2,1-2H3,(H2,12,13)/t11-/m0/s1. The number of carbonyl (C=O) groups is 1. The van der Waals surface area contributed by atoms with Crippen molar-refractivity contribution in [2.45, 2.75) is 25.7 Å². The minimum Gasteiger partial charge on any atom is -0.369 e. The van der Waals surface area contributed by atoms with Crippen LogP contribution in [0.25, 0.3) is 0 Å². The van der Waals surface area contributed by atoms with E-state index in [1.165, 1.54) is 0 Å². The van der Waals surface area contributed by atoms with Gasteiger partial charge in [0.15, 0.2) is 0 Å². The molecule has 1 atom stereocenters. The van der Waals surface area contributed by atoms with E-state index in [0.717, 1.165) is 12.0 Å². The van der Waals surface area contributed by atoms with E-state index in [1.807, 2.05) is 44.2 Å². The number of rotatable bonds is 3. The van der Waals surface area contributed by atoms with Gasteiger partial charge in [0.25, 0.3) is 0 Å². The van der Waals surface area contributed by atoms with Crippen LogP contribution in [0.1, 0.15) is 25.8 Å². The maximum atomic E-state index is 11.3. The van der Waals surface area contributed by atoms with Crippen molar-refractivity contribution < 1.29 is 4.79 Å². The number of amides is 1. The predicted octanol–water partition coefficient (Wildman–Crippen LogP) is 1.84. The van der Waals surface area contributed by atoms with Gasteiger partial charge in [-0.25, -0.2) is 0 Å². The molecule has 0 aliphatic heterocycles. The molecule has 0 saturated carbocycles. The molecule has 0 bridgehead atoms. The first-order valence-electron chi connectivity index (χ1n) is 4.46. The van der Waals surface area contributed by atoms with Gasteiger partial charge >= 0.3 is 0 Å². The summed E-state index contributed by atoms with van der Waals surface area (Å²) in [4.78, 5) is 11.3. The van der Waals surface area contributed by atoms with Crippen LogP contribution in [-0.4, -0.2) is 5.91 Å². The summed E-state index contributed by atoms with van der Waals surface area (Å²) in [6.07, 6.45) is 0.729. The molecular formula is C11H15NO. The van der Waals surface area contributed by atoms with Gasteiger partial charge in [-0.05, 0) is 18.9 Å². The maximum absolute atomic E-state index is 11.3. The highest BCUT2D eigenvalue weighted by Gasteiger charge is 2.30. The molecule has 0 saturated heterocycles. The van der Waals surface area contributed by atoms with Crippen LogP contribution in [0.2, 0.25) is 0 Å². The van der Waals surface area contributed by atoms with E-state index in [0.29, 0.717) is 0 Å². The lowest BCUT2D eigenvalue weighted by Crippen LogP contribution is -2.37. The molecule has 1 aromatic carbocycles. The minimum atomic E-state index is -0.527. The molecule has 0 unspecified atom stereocenters. The van der Waals surface area contributed by atoms with Crippen molar-refractivity contribution >= 4 is 5.91 Å². The molecule has 1 aromatic rings. The fraction of sp³-hybridized carbons (Fsp3) is 0.364. The van der Waals surface area contributed by atoms with Crippen LogP contribution < -0.4 is 5.73 Å². The largest absolute Gasteiger partial charge is 0.369 e. The first-order valence-corrected chi connectivity index (χ1v) is 4.46. The number of nitrogens with two attached hydrogens (primary N) is 1. The van der Waals surface area contributed by atoms with Crippen molar-refractivity contribution in [3.63, 3.8) is 0 Å². The highest BCUT2D eigenvalue weighted by atomic mass is 16.1. The average molecular weight is 177 g/mol. The van der Waals surface area contributed by atoms with Gasteiger partial charge in [0.1, 0.15) is 0 Å². The third kappa shape index (κ3) is 1.72. The summed E-state index contributed by atoms with van der Waals surface area (Å²) >= 11 is 0. The fourth-order valence-corrected chi connectivity index (χ4v) is 1.33. The summed E-state index contributed by atoms with van der Waals surface area (Å²) in [6.45, 7) is 3.85. The second kappa shape index (κ2) is 3.60. The van der Waals surface area contributed by atoms with Gasteiger partial charge in [0, 0.05) is 0 Å². The molecule has 0 heterocycles. The summed E-state index contributed by atoms with van der Waals surface area (Å²) in [7, 11) is 0. The van der Waals surface area contributed by atoms with Gasteiger partial charge in [-0.3, -0.25) is 4.79 Å². The summed E-state index contributed by atoms with van der Waals surface area (Å²) in [6, 6.07) is 9.65. The Hall–Kier alpha value is -1.31. The lowest BCUT2D eigenvalue weighted by atomic mass is 9.79. The first kappa shape index (κ1) is 9.78. The second-order valence-corrected chi connectivity index (χ2v) is 3.42. The van der Waals surface area contributed by atoms with Crippen LogP contribution >= 0.6 is 0 Å². The monoisotopic (exact) mass is 177 g/mol. The molecule has 1 rings (SSSR count). The third-order valence-electron chi connectivity index (χ3n) is 2.66. The zero-order valence-corrected chi connectivity index (χ0v) is 8.08. The zero-order chi connectivity index (χ0) is 9.90. The van der Waals surface area contributed by atoms with Crippen LogP contribution in [0, 0.1) is 0 Å². The van der Waals surface area contributed by atoms with Gasteiger partial charge in [-0.15, -0.1) is 0 Å². The maximum Gasteiger partial charge on any atom is 0.227 e. The van der Waals surface area contributed by atoms with Crippen molar-refractivity contribution in [2.24, 2.45) is 5.73 Å². The normalized spacial score (nSPS) is 14.9. The minimum absolute atomic E-state index is 0.263. The number of hydrogen-bond acceptors (Lipinski definition) is 1. The zero-order valence-electron chi connectivity index (χ0n) is 8.08. The number of benzene rings is 1. The Kier molecular flexibility index (Phi) is 2.71. The summed E-state index contributed by atoms with van der Waals surface area (Å²) in [5.74, 6) is -0.263. The number of carbonyl (C=O) groups excluding carboxylic acids is 1. The SMILES string of the molecule is CC[C@](C)(C(N)=O)c1ccccc1. The molecule has 0 fully saturated rings. The van der Waals surface area contributed by atoms with E-state index in [1.54, 1.807) is 0 Å². The average Bonchev–Trinajstić information content (AvgIpc) is 2.17. The number of hydrogen-bond donors (Lipinski definition) is 1. The molecule has 0 aromatic heterocycles. The first-order chi connectivity index (χ1) is 6.11.